The van der Waals surface area contributed by atoms with Crippen molar-refractivity contribution in [1.29, 1.82) is 0 Å². The van der Waals surface area contributed by atoms with Gasteiger partial charge in [0.25, 0.3) is 0 Å². The highest BCUT2D eigenvalue weighted by molar-refractivity contribution is 5.87. The van der Waals surface area contributed by atoms with Gasteiger partial charge in [0, 0.05) is 22.3 Å². The van der Waals surface area contributed by atoms with Crippen LogP contribution in [0.5, 0.6) is 0 Å². The second-order valence-corrected chi connectivity index (χ2v) is 13.8. The first kappa shape index (κ1) is 28.7. The summed E-state index contributed by atoms with van der Waals surface area (Å²) in [5.41, 5.74) is 12.9. The molecule has 0 aliphatic rings. The van der Waals surface area contributed by atoms with Gasteiger partial charge in [-0.2, -0.15) is 0 Å². The fourth-order valence-electron chi connectivity index (χ4n) is 5.95. The number of hydrogen-bond acceptors (Lipinski definition) is 4. The zero-order chi connectivity index (χ0) is 31.3. The normalized spacial score (nSPS) is 12.2. The maximum atomic E-state index is 6.51. The summed E-state index contributed by atoms with van der Waals surface area (Å²) in [6.07, 6.45) is 0. The van der Waals surface area contributed by atoms with Crippen LogP contribution in [0, 0.1) is 0 Å². The Morgan fingerprint density at radius 2 is 0.867 bits per heavy atom. The highest BCUT2D eigenvalue weighted by Crippen LogP contribution is 2.39. The largest absolute Gasteiger partial charge is 0.436 e. The van der Waals surface area contributed by atoms with Crippen LogP contribution in [0.15, 0.2) is 120 Å². The molecule has 7 rings (SSSR count). The van der Waals surface area contributed by atoms with Crippen LogP contribution in [0.3, 0.4) is 0 Å². The monoisotopic (exact) mass is 587 g/mol. The Labute approximate surface area is 264 Å². The number of hydrogen-bond donors (Lipinski definition) is 0. The van der Waals surface area contributed by atoms with Crippen molar-refractivity contribution in [1.82, 2.24) is 15.0 Å². The van der Waals surface area contributed by atoms with Crippen LogP contribution in [0.2, 0.25) is 0 Å². The molecule has 5 aromatic carbocycles. The zero-order valence-corrected chi connectivity index (χ0v) is 26.7. The summed E-state index contributed by atoms with van der Waals surface area (Å²) in [6.45, 7) is 13.3. The summed E-state index contributed by atoms with van der Waals surface area (Å²) in [6, 6.07) is 39.8. The first-order chi connectivity index (χ1) is 21.6. The fraction of sp³-hybridized carbons (Fsp3) is 0.195. The van der Waals surface area contributed by atoms with Crippen LogP contribution in [-0.4, -0.2) is 15.0 Å². The molecule has 0 saturated heterocycles. The maximum Gasteiger partial charge on any atom is 0.227 e. The maximum absolute atomic E-state index is 6.51. The van der Waals surface area contributed by atoms with Gasteiger partial charge < -0.3 is 4.42 Å². The summed E-state index contributed by atoms with van der Waals surface area (Å²) < 4.78 is 6.51. The zero-order valence-electron chi connectivity index (χ0n) is 26.7. The minimum atomic E-state index is -0.0538. The topological polar surface area (TPSA) is 51.8 Å². The molecular formula is C41H37N3O. The van der Waals surface area contributed by atoms with Gasteiger partial charge in [-0.25, -0.2) is 15.0 Å². The first-order valence-electron chi connectivity index (χ1n) is 15.5. The van der Waals surface area contributed by atoms with E-state index < -0.39 is 0 Å². The van der Waals surface area contributed by atoms with Crippen molar-refractivity contribution in [3.05, 3.63) is 126 Å². The van der Waals surface area contributed by atoms with Crippen molar-refractivity contribution in [3.63, 3.8) is 0 Å². The number of oxazole rings is 1. The van der Waals surface area contributed by atoms with Gasteiger partial charge in [0.2, 0.25) is 5.89 Å². The van der Waals surface area contributed by atoms with Crippen LogP contribution in [0.25, 0.3) is 67.2 Å². The lowest BCUT2D eigenvalue weighted by Crippen LogP contribution is -2.15. The molecule has 0 fully saturated rings. The predicted octanol–water partition coefficient (Wildman–Crippen LogP) is 11.0. The van der Waals surface area contributed by atoms with Crippen LogP contribution in [-0.2, 0) is 10.8 Å². The Bertz CT molecular complexity index is 2090. The van der Waals surface area contributed by atoms with E-state index in [0.717, 1.165) is 61.3 Å². The van der Waals surface area contributed by atoms with E-state index in [1.54, 1.807) is 0 Å². The molecule has 0 aliphatic carbocycles. The van der Waals surface area contributed by atoms with E-state index in [2.05, 4.69) is 114 Å². The summed E-state index contributed by atoms with van der Waals surface area (Å²) in [5.74, 6) is 0.650. The van der Waals surface area contributed by atoms with E-state index in [-0.39, 0.29) is 10.8 Å². The van der Waals surface area contributed by atoms with Gasteiger partial charge in [0.05, 0.1) is 22.4 Å². The van der Waals surface area contributed by atoms with E-state index in [1.165, 1.54) is 11.1 Å². The Balaban J connectivity index is 1.23. The van der Waals surface area contributed by atoms with Crippen molar-refractivity contribution in [2.75, 3.05) is 0 Å². The van der Waals surface area contributed by atoms with Crippen LogP contribution in [0.1, 0.15) is 52.7 Å². The smallest absolute Gasteiger partial charge is 0.227 e. The predicted molar refractivity (Wildman–Crippen MR) is 186 cm³/mol. The van der Waals surface area contributed by atoms with Gasteiger partial charge in [-0.15, -0.1) is 0 Å². The van der Waals surface area contributed by atoms with Crippen LogP contribution >= 0.6 is 0 Å². The third-order valence-electron chi connectivity index (χ3n) is 8.40. The second kappa shape index (κ2) is 10.8. The van der Waals surface area contributed by atoms with Crippen molar-refractivity contribution in [2.45, 2.75) is 52.4 Å². The molecule has 0 unspecified atom stereocenters. The highest BCUT2D eigenvalue weighted by atomic mass is 16.3. The second-order valence-electron chi connectivity index (χ2n) is 13.8. The third-order valence-corrected chi connectivity index (χ3v) is 8.40. The number of fused-ring (bicyclic) bond motifs is 2. The Kier molecular flexibility index (Phi) is 6.89. The summed E-state index contributed by atoms with van der Waals surface area (Å²) in [4.78, 5) is 15.1. The van der Waals surface area contributed by atoms with E-state index in [1.807, 2.05) is 42.5 Å². The molecule has 222 valence electrons. The highest BCUT2D eigenvalue weighted by Gasteiger charge is 2.27. The Hall–Kier alpha value is -5.09. The Morgan fingerprint density at radius 1 is 0.422 bits per heavy atom. The van der Waals surface area contributed by atoms with Gasteiger partial charge in [0.15, 0.2) is 5.58 Å². The molecule has 0 atom stereocenters. The lowest BCUT2D eigenvalue weighted by molar-refractivity contribution is 0.558. The average Bonchev–Trinajstić information content (AvgIpc) is 3.48. The third kappa shape index (κ3) is 5.42. The SMILES string of the molecule is CC(C)(C)c1ccc(C(C)(C)C)c2oc(-c3ccc(-c4ccc(-c5nc6ccccc6nc5-c5ccccc5)cc4)cc3)nc12. The van der Waals surface area contributed by atoms with Gasteiger partial charge in [0.1, 0.15) is 5.52 Å². The average molecular weight is 588 g/mol. The molecule has 0 bridgehead atoms. The molecule has 2 aromatic heterocycles. The molecule has 0 spiro atoms. The molecule has 45 heavy (non-hydrogen) atoms. The quantitative estimate of drug-likeness (QED) is 0.206. The number of nitrogens with zero attached hydrogens (tertiary/aromatic N) is 3. The minimum absolute atomic E-state index is 0.0425. The standard InChI is InChI=1S/C41H37N3O/c1-40(2,3)31-24-25-32(41(4,5)6)38-37(31)44-39(45-38)30-22-18-27(19-23-30)26-16-20-29(21-17-26)36-35(28-12-8-7-9-13-28)42-33-14-10-11-15-34(33)43-36/h7-25H,1-6H3. The molecule has 0 aliphatic heterocycles. The molecule has 0 N–H and O–H groups in total. The number of aromatic nitrogens is 3. The van der Waals surface area contributed by atoms with E-state index in [9.17, 15) is 0 Å². The van der Waals surface area contributed by atoms with Gasteiger partial charge in [-0.05, 0) is 51.8 Å². The number of para-hydroxylation sites is 2. The molecule has 0 saturated carbocycles. The number of benzene rings is 5. The first-order valence-corrected chi connectivity index (χ1v) is 15.5. The fourth-order valence-corrected chi connectivity index (χ4v) is 5.95. The molecule has 0 radical (unpaired) electrons. The number of rotatable bonds is 4. The molecule has 4 nitrogen and oxygen atoms in total. The molecule has 2 heterocycles. The van der Waals surface area contributed by atoms with Gasteiger partial charge >= 0.3 is 0 Å². The Morgan fingerprint density at radius 3 is 1.40 bits per heavy atom. The van der Waals surface area contributed by atoms with Gasteiger partial charge in [-0.1, -0.05) is 133 Å². The van der Waals surface area contributed by atoms with Crippen molar-refractivity contribution < 1.29 is 4.42 Å². The summed E-state index contributed by atoms with van der Waals surface area (Å²) >= 11 is 0. The lowest BCUT2D eigenvalue weighted by Gasteiger charge is -2.23. The van der Waals surface area contributed by atoms with E-state index in [0.29, 0.717) is 5.89 Å². The van der Waals surface area contributed by atoms with E-state index >= 15 is 0 Å². The van der Waals surface area contributed by atoms with Crippen molar-refractivity contribution in [3.8, 4) is 45.1 Å². The minimum Gasteiger partial charge on any atom is -0.436 e. The molecule has 7 aromatic rings. The van der Waals surface area contributed by atoms with E-state index in [4.69, 9.17) is 19.4 Å². The molecule has 4 heteroatoms. The summed E-state index contributed by atoms with van der Waals surface area (Å²) in [5, 5.41) is 0. The van der Waals surface area contributed by atoms with Crippen LogP contribution in [0.4, 0.5) is 0 Å². The van der Waals surface area contributed by atoms with Crippen LogP contribution < -0.4 is 0 Å². The van der Waals surface area contributed by atoms with Crippen molar-refractivity contribution >= 4 is 22.1 Å². The van der Waals surface area contributed by atoms with Gasteiger partial charge in [-0.3, -0.25) is 0 Å². The summed E-state index contributed by atoms with van der Waals surface area (Å²) in [7, 11) is 0. The molecular weight excluding hydrogens is 550 g/mol. The lowest BCUT2D eigenvalue weighted by atomic mass is 9.81. The van der Waals surface area contributed by atoms with Crippen molar-refractivity contribution in [2.24, 2.45) is 0 Å². The molecule has 0 amide bonds.